The minimum atomic E-state index is 0. The predicted octanol–water partition coefficient (Wildman–Crippen LogP) is 7.68. The quantitative estimate of drug-likeness (QED) is 0.160. The number of hydrogen-bond acceptors (Lipinski definition) is 2. The molecule has 2 heterocycles. The molecule has 0 fully saturated rings. The molecule has 2 atom stereocenters. The van der Waals surface area contributed by atoms with Crippen LogP contribution in [-0.4, -0.2) is 0 Å². The van der Waals surface area contributed by atoms with E-state index in [2.05, 4.69) is 184 Å². The molecule has 2 aromatic heterocycles. The molecule has 6 aromatic carbocycles. The summed E-state index contributed by atoms with van der Waals surface area (Å²) < 4.78 is 0. The van der Waals surface area contributed by atoms with Gasteiger partial charge in [0.1, 0.15) is 0 Å². The van der Waals surface area contributed by atoms with Crippen LogP contribution in [0.15, 0.2) is 146 Å². The molecule has 10 rings (SSSR count). The molecule has 0 aliphatic heterocycles. The van der Waals surface area contributed by atoms with Crippen molar-refractivity contribution in [2.24, 2.45) is 0 Å². The summed E-state index contributed by atoms with van der Waals surface area (Å²) in [5, 5.41) is 5.19. The number of allylic oxidation sites excluding steroid dienone is 2. The Bertz CT molecular complexity index is 2420. The van der Waals surface area contributed by atoms with Crippen molar-refractivity contribution in [3.63, 3.8) is 0 Å². The van der Waals surface area contributed by atoms with Crippen molar-refractivity contribution in [2.75, 3.05) is 0 Å². The molecule has 2 unspecified atom stereocenters. The standard InChI is InChI=1S/2C24H17S.2ClH.Zr/c2*1-16-12-15-24(25-16)23-14-13-22-20(10-5-11-21(22)23)19-9-4-7-17-6-2-3-8-18(17)19;;;/h2*2-13,15,23H,1H3;2*1H;/q2*-1;;;+4/p-2. The van der Waals surface area contributed by atoms with Gasteiger partial charge in [-0.1, -0.05) is 144 Å². The van der Waals surface area contributed by atoms with E-state index in [9.17, 15) is 0 Å². The van der Waals surface area contributed by atoms with Gasteiger partial charge < -0.3 is 24.8 Å². The zero-order valence-corrected chi connectivity index (χ0v) is 34.8. The topological polar surface area (TPSA) is 0 Å². The molecule has 5 heteroatoms. The van der Waals surface area contributed by atoms with Crippen molar-refractivity contribution in [2.45, 2.75) is 25.7 Å². The molecule has 53 heavy (non-hydrogen) atoms. The van der Waals surface area contributed by atoms with Crippen LogP contribution >= 0.6 is 22.7 Å². The summed E-state index contributed by atoms with van der Waals surface area (Å²) in [4.78, 5) is 5.47. The van der Waals surface area contributed by atoms with Crippen molar-refractivity contribution < 1.29 is 51.0 Å². The average Bonchev–Trinajstić information content (AvgIpc) is 3.98. The maximum absolute atomic E-state index is 3.60. The number of halogens is 2. The first-order valence-corrected chi connectivity index (χ1v) is 18.8. The SMILES string of the molecule is Cc1ccc(C2[C-]=Cc3c(-c4cccc5ccccc45)cccc32)s1.Cc1ccc(C2[C-]=Cc3c(-c4cccc5ccccc45)cccc32)s1.[Cl-].[Cl-].[Zr+4]. The number of fused-ring (bicyclic) bond motifs is 4. The van der Waals surface area contributed by atoms with Crippen LogP contribution in [0.4, 0.5) is 0 Å². The molecular weight excluding hydrogens is 803 g/mol. The van der Waals surface area contributed by atoms with E-state index in [1.807, 2.05) is 22.7 Å². The Morgan fingerprint density at radius 1 is 0.415 bits per heavy atom. The van der Waals surface area contributed by atoms with Crippen LogP contribution < -0.4 is 24.8 Å². The van der Waals surface area contributed by atoms with Crippen LogP contribution in [0.25, 0.3) is 56.0 Å². The molecule has 0 bridgehead atoms. The number of thiophene rings is 2. The smallest absolute Gasteiger partial charge is 1.00 e. The first kappa shape index (κ1) is 38.9. The van der Waals surface area contributed by atoms with Crippen molar-refractivity contribution in [3.05, 3.63) is 200 Å². The summed E-state index contributed by atoms with van der Waals surface area (Å²) in [5.41, 5.74) is 10.6. The largest absolute Gasteiger partial charge is 4.00 e. The van der Waals surface area contributed by atoms with Gasteiger partial charge in [-0.15, -0.1) is 33.8 Å². The predicted molar refractivity (Wildman–Crippen MR) is 216 cm³/mol. The molecule has 0 nitrogen and oxygen atoms in total. The molecular formula is C48H34Cl2S2Zr. The van der Waals surface area contributed by atoms with Crippen molar-refractivity contribution in [3.8, 4) is 22.3 Å². The first-order valence-electron chi connectivity index (χ1n) is 17.2. The van der Waals surface area contributed by atoms with E-state index < -0.39 is 0 Å². The summed E-state index contributed by atoms with van der Waals surface area (Å²) >= 11 is 3.74. The first-order chi connectivity index (χ1) is 24.6. The van der Waals surface area contributed by atoms with Gasteiger partial charge in [0.05, 0.1) is 0 Å². The average molecular weight is 837 g/mol. The van der Waals surface area contributed by atoms with Crippen LogP contribution in [0.5, 0.6) is 0 Å². The van der Waals surface area contributed by atoms with Crippen LogP contribution in [0.1, 0.15) is 53.6 Å². The number of aryl methyl sites for hydroxylation is 2. The maximum Gasteiger partial charge on any atom is 4.00 e. The Labute approximate surface area is 351 Å². The third kappa shape index (κ3) is 7.36. The van der Waals surface area contributed by atoms with Crippen molar-refractivity contribution >= 4 is 56.4 Å². The third-order valence-corrected chi connectivity index (χ3v) is 12.1. The maximum atomic E-state index is 3.60. The van der Waals surface area contributed by atoms with Gasteiger partial charge in [-0.05, 0) is 80.5 Å². The van der Waals surface area contributed by atoms with Gasteiger partial charge in [0.15, 0.2) is 0 Å². The molecule has 8 aromatic rings. The van der Waals surface area contributed by atoms with Crippen LogP contribution in [0.2, 0.25) is 0 Å². The van der Waals surface area contributed by atoms with Gasteiger partial charge in [-0.3, -0.25) is 12.2 Å². The second kappa shape index (κ2) is 16.7. The summed E-state index contributed by atoms with van der Waals surface area (Å²) in [5.74, 6) is 0.534. The van der Waals surface area contributed by atoms with Crippen LogP contribution in [0.3, 0.4) is 0 Å². The van der Waals surface area contributed by atoms with Crippen molar-refractivity contribution in [1.82, 2.24) is 0 Å². The summed E-state index contributed by atoms with van der Waals surface area (Å²) in [7, 11) is 0. The van der Waals surface area contributed by atoms with E-state index in [0.29, 0.717) is 0 Å². The van der Waals surface area contributed by atoms with Crippen LogP contribution in [-0.2, 0) is 26.2 Å². The van der Waals surface area contributed by atoms with Gasteiger partial charge in [-0.2, -0.15) is 11.1 Å². The molecule has 0 N–H and O–H groups in total. The fraction of sp³-hybridized carbons (Fsp3) is 0.0833. The molecule has 0 spiro atoms. The second-order valence-corrected chi connectivity index (χ2v) is 15.7. The van der Waals surface area contributed by atoms with E-state index in [1.54, 1.807) is 0 Å². The summed E-state index contributed by atoms with van der Waals surface area (Å²) in [6.45, 7) is 4.33. The molecule has 0 saturated carbocycles. The summed E-state index contributed by atoms with van der Waals surface area (Å²) in [6, 6.07) is 52.6. The van der Waals surface area contributed by atoms with Gasteiger partial charge in [0.2, 0.25) is 0 Å². The number of rotatable bonds is 4. The van der Waals surface area contributed by atoms with Gasteiger partial charge in [0.25, 0.3) is 0 Å². The van der Waals surface area contributed by atoms with E-state index in [1.165, 1.54) is 85.6 Å². The fourth-order valence-corrected chi connectivity index (χ4v) is 9.50. The Balaban J connectivity index is 0.000000172. The Kier molecular flexibility index (Phi) is 12.2. The van der Waals surface area contributed by atoms with Crippen LogP contribution in [0, 0.1) is 26.0 Å². The Hall–Kier alpha value is -3.82. The van der Waals surface area contributed by atoms with E-state index in [-0.39, 0.29) is 62.9 Å². The van der Waals surface area contributed by atoms with E-state index in [4.69, 9.17) is 0 Å². The van der Waals surface area contributed by atoms with Crippen molar-refractivity contribution in [1.29, 1.82) is 0 Å². The Morgan fingerprint density at radius 2 is 0.792 bits per heavy atom. The van der Waals surface area contributed by atoms with Gasteiger partial charge in [-0.25, -0.2) is 12.2 Å². The van der Waals surface area contributed by atoms with E-state index in [0.717, 1.165) is 0 Å². The monoisotopic (exact) mass is 834 g/mol. The molecule has 0 radical (unpaired) electrons. The zero-order valence-electron chi connectivity index (χ0n) is 29.2. The summed E-state index contributed by atoms with van der Waals surface area (Å²) in [6.07, 6.45) is 11.6. The molecule has 2 aliphatic carbocycles. The third-order valence-electron chi connectivity index (χ3n) is 9.94. The molecule has 256 valence electrons. The Morgan fingerprint density at radius 3 is 1.21 bits per heavy atom. The fourth-order valence-electron chi connectivity index (χ4n) is 7.58. The zero-order chi connectivity index (χ0) is 33.6. The molecule has 2 aliphatic rings. The van der Waals surface area contributed by atoms with E-state index >= 15 is 0 Å². The van der Waals surface area contributed by atoms with Gasteiger partial charge in [0, 0.05) is 9.75 Å². The molecule has 0 saturated heterocycles. The minimum Gasteiger partial charge on any atom is -1.00 e. The number of benzene rings is 6. The normalized spacial score (nSPS) is 14.8. The second-order valence-electron chi connectivity index (χ2n) is 13.1. The molecule has 0 amide bonds. The van der Waals surface area contributed by atoms with Gasteiger partial charge >= 0.3 is 26.2 Å². The minimum absolute atomic E-state index is 0. The number of hydrogen-bond donors (Lipinski definition) is 0.